The summed E-state index contributed by atoms with van der Waals surface area (Å²) in [5, 5.41) is 24.9. The van der Waals surface area contributed by atoms with Gasteiger partial charge in [0.15, 0.2) is 0 Å². The van der Waals surface area contributed by atoms with Crippen LogP contribution in [-0.2, 0) is 35.3 Å². The quantitative estimate of drug-likeness (QED) is 0.0896. The first-order chi connectivity index (χ1) is 26.5. The first-order valence-corrected chi connectivity index (χ1v) is 18.2. The fourth-order valence-corrected chi connectivity index (χ4v) is 6.53. The Balaban J connectivity index is 1.46. The molecule has 16 heteroatoms. The van der Waals surface area contributed by atoms with Crippen LogP contribution < -0.4 is 16.4 Å². The molecule has 1 aliphatic heterocycles. The monoisotopic (exact) mass is 778 g/mol. The standard InChI is InChI=1S/C40H48F2N6O8/c1-40(2,3)37(32-19-26(28-20-27(41)12-13-29(28)42)22-46(32)21-25-9-5-4-6-10-25)47(36(53)24-49)18-16-30(43)38(54)45-31(39(55)56)11-7-8-17-44-33(50)23-48-34(51)14-15-35(48)52/h4-6,9-10,12-15,19-20,22,30-31,37,49H,7-8,11,16-18,21,23-24,43H2,1-3H3,(H,44,50)(H,45,54)(H,55,56)/t30-,31?,37?/m0/s1. The Kier molecular flexibility index (Phi) is 14.8. The highest BCUT2D eigenvalue weighted by Crippen LogP contribution is 2.41. The number of nitrogens with two attached hydrogens (primary N) is 1. The molecule has 0 spiro atoms. The van der Waals surface area contributed by atoms with Crippen LogP contribution in [0.5, 0.6) is 0 Å². The Morgan fingerprint density at radius 1 is 0.946 bits per heavy atom. The zero-order valence-corrected chi connectivity index (χ0v) is 31.5. The molecule has 3 aromatic rings. The van der Waals surface area contributed by atoms with E-state index in [1.54, 1.807) is 12.3 Å². The van der Waals surface area contributed by atoms with Crippen molar-refractivity contribution in [3.63, 3.8) is 0 Å². The van der Waals surface area contributed by atoms with Crippen LogP contribution in [0, 0.1) is 17.0 Å². The number of amides is 5. The molecule has 2 aromatic carbocycles. The number of unbranched alkanes of at least 4 members (excludes halogenated alkanes) is 1. The molecule has 4 rings (SSSR count). The molecular formula is C40H48F2N6O8. The van der Waals surface area contributed by atoms with Crippen LogP contribution in [0.3, 0.4) is 0 Å². The summed E-state index contributed by atoms with van der Waals surface area (Å²) in [4.78, 5) is 76.2. The van der Waals surface area contributed by atoms with E-state index in [4.69, 9.17) is 5.73 Å². The third-order valence-corrected chi connectivity index (χ3v) is 9.31. The number of hydrogen-bond donors (Lipinski definition) is 5. The second-order valence-electron chi connectivity index (χ2n) is 14.6. The molecule has 0 saturated carbocycles. The van der Waals surface area contributed by atoms with Crippen LogP contribution in [0.15, 0.2) is 72.9 Å². The molecule has 3 atom stereocenters. The van der Waals surface area contributed by atoms with Gasteiger partial charge in [-0.05, 0) is 60.9 Å². The number of aliphatic carboxylic acids is 1. The SMILES string of the molecule is CC(C)(C)C(c1cc(-c2cc(F)ccc2F)cn1Cc1ccccc1)N(CC[C@H](N)C(=O)NC(CCCCNC(=O)CN1C(=O)C=CC1=O)C(=O)O)C(=O)CO. The fourth-order valence-electron chi connectivity index (χ4n) is 6.53. The van der Waals surface area contributed by atoms with Gasteiger partial charge >= 0.3 is 5.97 Å². The summed E-state index contributed by atoms with van der Waals surface area (Å²) >= 11 is 0. The van der Waals surface area contributed by atoms with Crippen LogP contribution in [0.1, 0.15) is 63.8 Å². The Bertz CT molecular complexity index is 1930. The largest absolute Gasteiger partial charge is 0.480 e. The van der Waals surface area contributed by atoms with E-state index in [1.807, 2.05) is 55.7 Å². The van der Waals surface area contributed by atoms with E-state index in [9.17, 15) is 43.4 Å². The van der Waals surface area contributed by atoms with Gasteiger partial charge in [0.25, 0.3) is 11.8 Å². The van der Waals surface area contributed by atoms with Crippen molar-refractivity contribution >= 4 is 35.5 Å². The average Bonchev–Trinajstić information content (AvgIpc) is 3.70. The number of halogens is 2. The molecule has 300 valence electrons. The van der Waals surface area contributed by atoms with E-state index >= 15 is 4.39 Å². The highest BCUT2D eigenvalue weighted by Gasteiger charge is 2.38. The number of carbonyl (C=O) groups excluding carboxylic acids is 5. The molecule has 2 heterocycles. The van der Waals surface area contributed by atoms with Crippen LogP contribution >= 0.6 is 0 Å². The molecule has 56 heavy (non-hydrogen) atoms. The first kappa shape index (κ1) is 43.0. The van der Waals surface area contributed by atoms with E-state index in [0.29, 0.717) is 24.2 Å². The van der Waals surface area contributed by atoms with Crippen LogP contribution in [0.25, 0.3) is 11.1 Å². The highest BCUT2D eigenvalue weighted by atomic mass is 19.1. The lowest BCUT2D eigenvalue weighted by Crippen LogP contribution is -2.50. The minimum atomic E-state index is -1.31. The van der Waals surface area contributed by atoms with Crippen molar-refractivity contribution in [2.45, 2.75) is 71.1 Å². The summed E-state index contributed by atoms with van der Waals surface area (Å²) in [7, 11) is 0. The van der Waals surface area contributed by atoms with Crippen LogP contribution in [0.4, 0.5) is 8.78 Å². The number of carbonyl (C=O) groups is 6. The summed E-state index contributed by atoms with van der Waals surface area (Å²) in [6.45, 7) is 4.64. The predicted molar refractivity (Wildman–Crippen MR) is 201 cm³/mol. The summed E-state index contributed by atoms with van der Waals surface area (Å²) in [6, 6.07) is 10.9. The molecule has 0 radical (unpaired) electrons. The Morgan fingerprint density at radius 3 is 2.25 bits per heavy atom. The topological polar surface area (TPSA) is 204 Å². The number of nitrogens with zero attached hydrogens (tertiary/aromatic N) is 3. The van der Waals surface area contributed by atoms with Crippen molar-refractivity contribution in [3.05, 3.63) is 95.8 Å². The third kappa shape index (κ3) is 11.4. The van der Waals surface area contributed by atoms with Gasteiger partial charge in [-0.3, -0.25) is 28.9 Å². The number of imide groups is 1. The molecule has 14 nitrogen and oxygen atoms in total. The van der Waals surface area contributed by atoms with Gasteiger partial charge in [0.1, 0.15) is 30.8 Å². The molecule has 0 saturated heterocycles. The van der Waals surface area contributed by atoms with Crippen molar-refractivity contribution in [1.29, 1.82) is 0 Å². The van der Waals surface area contributed by atoms with Gasteiger partial charge in [-0.15, -0.1) is 0 Å². The third-order valence-electron chi connectivity index (χ3n) is 9.31. The lowest BCUT2D eigenvalue weighted by molar-refractivity contribution is -0.142. The summed E-state index contributed by atoms with van der Waals surface area (Å²) < 4.78 is 31.2. The molecule has 1 aliphatic rings. The van der Waals surface area contributed by atoms with E-state index in [2.05, 4.69) is 10.6 Å². The van der Waals surface area contributed by atoms with E-state index in [0.717, 1.165) is 40.8 Å². The Morgan fingerprint density at radius 2 is 1.62 bits per heavy atom. The molecule has 0 fully saturated rings. The van der Waals surface area contributed by atoms with Crippen LogP contribution in [0.2, 0.25) is 0 Å². The van der Waals surface area contributed by atoms with Gasteiger partial charge in [-0.2, -0.15) is 0 Å². The lowest BCUT2D eigenvalue weighted by Gasteiger charge is -2.41. The minimum absolute atomic E-state index is 0.00451. The number of aliphatic hydroxyl groups excluding tert-OH is 1. The van der Waals surface area contributed by atoms with E-state index in [-0.39, 0.29) is 37.9 Å². The maximum absolute atomic E-state index is 15.0. The lowest BCUT2D eigenvalue weighted by atomic mass is 9.82. The first-order valence-electron chi connectivity index (χ1n) is 18.2. The molecule has 5 amide bonds. The van der Waals surface area contributed by atoms with Crippen molar-refractivity contribution in [2.24, 2.45) is 11.1 Å². The molecule has 0 bridgehead atoms. The minimum Gasteiger partial charge on any atom is -0.480 e. The molecular weight excluding hydrogens is 730 g/mol. The van der Waals surface area contributed by atoms with Gasteiger partial charge in [0.05, 0.1) is 12.1 Å². The van der Waals surface area contributed by atoms with Crippen molar-refractivity contribution in [3.8, 4) is 11.1 Å². The number of carboxylic acids is 1. The average molecular weight is 779 g/mol. The number of carboxylic acid groups (broad SMARTS) is 1. The predicted octanol–water partition coefficient (Wildman–Crippen LogP) is 2.89. The fraction of sp³-hybridized carbons (Fsp3) is 0.400. The van der Waals surface area contributed by atoms with Crippen molar-refractivity contribution in [1.82, 2.24) is 25.0 Å². The van der Waals surface area contributed by atoms with Gasteiger partial charge < -0.3 is 36.0 Å². The maximum atomic E-state index is 15.0. The van der Waals surface area contributed by atoms with E-state index in [1.165, 1.54) is 4.90 Å². The van der Waals surface area contributed by atoms with Crippen LogP contribution in [-0.4, -0.2) is 98.4 Å². The second kappa shape index (κ2) is 19.2. The summed E-state index contributed by atoms with van der Waals surface area (Å²) in [6.07, 6.45) is 4.32. The van der Waals surface area contributed by atoms with Gasteiger partial charge in [-0.1, -0.05) is 51.1 Å². The van der Waals surface area contributed by atoms with Gasteiger partial charge in [-0.25, -0.2) is 13.6 Å². The summed E-state index contributed by atoms with van der Waals surface area (Å²) in [5.74, 6) is -5.76. The number of benzene rings is 2. The number of rotatable bonds is 19. The molecule has 2 unspecified atom stereocenters. The van der Waals surface area contributed by atoms with Crippen molar-refractivity contribution < 1.29 is 47.8 Å². The zero-order chi connectivity index (χ0) is 41.2. The second-order valence-corrected chi connectivity index (χ2v) is 14.6. The number of aliphatic hydroxyl groups is 1. The smallest absolute Gasteiger partial charge is 0.326 e. The number of aromatic nitrogens is 1. The Hall–Kier alpha value is -5.74. The highest BCUT2D eigenvalue weighted by molar-refractivity contribution is 6.14. The Labute approximate surface area is 323 Å². The normalized spacial score (nSPS) is 14.4. The number of nitrogens with one attached hydrogen (secondary N) is 2. The summed E-state index contributed by atoms with van der Waals surface area (Å²) in [5.41, 5.74) is 7.37. The number of hydrogen-bond acceptors (Lipinski definition) is 8. The van der Waals surface area contributed by atoms with Gasteiger partial charge in [0.2, 0.25) is 17.7 Å². The maximum Gasteiger partial charge on any atom is 0.326 e. The molecule has 6 N–H and O–H groups in total. The van der Waals surface area contributed by atoms with E-state index < -0.39 is 83.8 Å². The molecule has 0 aliphatic carbocycles. The van der Waals surface area contributed by atoms with Gasteiger partial charge in [0, 0.05) is 54.8 Å². The molecule has 1 aromatic heterocycles. The van der Waals surface area contributed by atoms with Crippen molar-refractivity contribution in [2.75, 3.05) is 26.2 Å². The zero-order valence-electron chi connectivity index (χ0n) is 31.5.